The standard InChI is InChI=1S/C20H21NO4/c1-14-8-9-17(10-15(14)2)18(22)13-25-20(24)12-21-19(23)11-16-6-4-3-5-7-16/h3-10H,11-13H2,1-2H3,(H,21,23). The molecule has 0 unspecified atom stereocenters. The van der Waals surface area contributed by atoms with E-state index in [2.05, 4.69) is 5.32 Å². The highest BCUT2D eigenvalue weighted by molar-refractivity contribution is 5.98. The van der Waals surface area contributed by atoms with Crippen LogP contribution in [0.3, 0.4) is 0 Å². The summed E-state index contributed by atoms with van der Waals surface area (Å²) in [4.78, 5) is 35.5. The molecule has 0 fully saturated rings. The summed E-state index contributed by atoms with van der Waals surface area (Å²) in [6.45, 7) is 3.28. The van der Waals surface area contributed by atoms with Gasteiger partial charge in [0.1, 0.15) is 6.54 Å². The molecular weight excluding hydrogens is 318 g/mol. The number of ketones is 1. The highest BCUT2D eigenvalue weighted by atomic mass is 16.5. The van der Waals surface area contributed by atoms with E-state index < -0.39 is 5.97 Å². The van der Waals surface area contributed by atoms with Crippen LogP contribution in [0.25, 0.3) is 0 Å². The van der Waals surface area contributed by atoms with Gasteiger partial charge >= 0.3 is 5.97 Å². The predicted molar refractivity (Wildman–Crippen MR) is 94.4 cm³/mol. The lowest BCUT2D eigenvalue weighted by atomic mass is 10.0. The summed E-state index contributed by atoms with van der Waals surface area (Å²) in [7, 11) is 0. The molecular formula is C20H21NO4. The van der Waals surface area contributed by atoms with Gasteiger partial charge in [-0.05, 0) is 36.6 Å². The second-order valence-corrected chi connectivity index (χ2v) is 5.82. The normalized spacial score (nSPS) is 10.2. The summed E-state index contributed by atoms with van der Waals surface area (Å²) in [5.41, 5.74) is 3.46. The third kappa shape index (κ3) is 5.88. The van der Waals surface area contributed by atoms with Gasteiger partial charge in [-0.3, -0.25) is 14.4 Å². The molecule has 1 amide bonds. The maximum absolute atomic E-state index is 12.0. The first-order valence-corrected chi connectivity index (χ1v) is 8.02. The third-order valence-corrected chi connectivity index (χ3v) is 3.83. The zero-order valence-corrected chi connectivity index (χ0v) is 14.4. The number of carbonyl (C=O) groups is 3. The first-order chi connectivity index (χ1) is 12.0. The van der Waals surface area contributed by atoms with Crippen LogP contribution in [-0.4, -0.2) is 30.8 Å². The number of esters is 1. The smallest absolute Gasteiger partial charge is 0.325 e. The molecule has 2 aromatic rings. The topological polar surface area (TPSA) is 72.5 Å². The van der Waals surface area contributed by atoms with Crippen LogP contribution < -0.4 is 5.32 Å². The van der Waals surface area contributed by atoms with Gasteiger partial charge in [0.15, 0.2) is 12.4 Å². The highest BCUT2D eigenvalue weighted by Gasteiger charge is 2.12. The van der Waals surface area contributed by atoms with Crippen LogP contribution in [-0.2, 0) is 20.7 Å². The van der Waals surface area contributed by atoms with Crippen molar-refractivity contribution in [3.05, 3.63) is 70.8 Å². The number of amides is 1. The summed E-state index contributed by atoms with van der Waals surface area (Å²) >= 11 is 0. The van der Waals surface area contributed by atoms with Crippen molar-refractivity contribution in [2.45, 2.75) is 20.3 Å². The molecule has 0 bridgehead atoms. The molecule has 130 valence electrons. The molecule has 1 N–H and O–H groups in total. The fraction of sp³-hybridized carbons (Fsp3) is 0.250. The van der Waals surface area contributed by atoms with Gasteiger partial charge in [0.05, 0.1) is 6.42 Å². The Morgan fingerprint density at radius 3 is 2.36 bits per heavy atom. The molecule has 0 aliphatic rings. The Kier molecular flexibility index (Phi) is 6.46. The average molecular weight is 339 g/mol. The summed E-state index contributed by atoms with van der Waals surface area (Å²) in [6, 6.07) is 14.6. The minimum Gasteiger partial charge on any atom is -0.456 e. The van der Waals surface area contributed by atoms with Crippen molar-refractivity contribution < 1.29 is 19.1 Å². The SMILES string of the molecule is Cc1ccc(C(=O)COC(=O)CNC(=O)Cc2ccccc2)cc1C. The molecule has 0 spiro atoms. The summed E-state index contributed by atoms with van der Waals surface area (Å²) in [5, 5.41) is 2.49. The largest absolute Gasteiger partial charge is 0.456 e. The summed E-state index contributed by atoms with van der Waals surface area (Å²) in [5.74, 6) is -1.19. The van der Waals surface area contributed by atoms with E-state index in [9.17, 15) is 14.4 Å². The molecule has 0 saturated carbocycles. The van der Waals surface area contributed by atoms with Gasteiger partial charge in [-0.1, -0.05) is 42.5 Å². The maximum Gasteiger partial charge on any atom is 0.325 e. The van der Waals surface area contributed by atoms with E-state index in [1.165, 1.54) is 0 Å². The Bertz CT molecular complexity index is 769. The molecule has 5 heteroatoms. The van der Waals surface area contributed by atoms with E-state index in [0.29, 0.717) is 5.56 Å². The van der Waals surface area contributed by atoms with Gasteiger partial charge in [-0.15, -0.1) is 0 Å². The minimum absolute atomic E-state index is 0.190. The Labute approximate surface area is 147 Å². The Hall–Kier alpha value is -2.95. The number of ether oxygens (including phenoxy) is 1. The number of hydrogen-bond donors (Lipinski definition) is 1. The Morgan fingerprint density at radius 1 is 0.960 bits per heavy atom. The van der Waals surface area contributed by atoms with Crippen LogP contribution in [0.5, 0.6) is 0 Å². The second-order valence-electron chi connectivity index (χ2n) is 5.82. The first-order valence-electron chi connectivity index (χ1n) is 8.02. The number of aryl methyl sites for hydroxylation is 2. The van der Waals surface area contributed by atoms with Crippen molar-refractivity contribution in [2.75, 3.05) is 13.2 Å². The number of benzene rings is 2. The maximum atomic E-state index is 12.0. The van der Waals surface area contributed by atoms with E-state index >= 15 is 0 Å². The molecule has 0 aromatic heterocycles. The second kappa shape index (κ2) is 8.78. The van der Waals surface area contributed by atoms with E-state index in [1.54, 1.807) is 12.1 Å². The van der Waals surface area contributed by atoms with Crippen LogP contribution in [0.2, 0.25) is 0 Å². The number of carbonyl (C=O) groups excluding carboxylic acids is 3. The molecule has 0 aliphatic carbocycles. The van der Waals surface area contributed by atoms with Crippen LogP contribution in [0.15, 0.2) is 48.5 Å². The summed E-state index contributed by atoms with van der Waals surface area (Å²) in [6.07, 6.45) is 0.190. The first kappa shape index (κ1) is 18.4. The van der Waals surface area contributed by atoms with Gasteiger partial charge < -0.3 is 10.1 Å². The van der Waals surface area contributed by atoms with Crippen molar-refractivity contribution in [3.63, 3.8) is 0 Å². The zero-order valence-electron chi connectivity index (χ0n) is 14.4. The fourth-order valence-corrected chi connectivity index (χ4v) is 2.21. The van der Waals surface area contributed by atoms with E-state index in [1.807, 2.05) is 50.2 Å². The van der Waals surface area contributed by atoms with Crippen molar-refractivity contribution in [1.82, 2.24) is 5.32 Å². The van der Waals surface area contributed by atoms with Gasteiger partial charge in [0.25, 0.3) is 0 Å². The molecule has 0 radical (unpaired) electrons. The third-order valence-electron chi connectivity index (χ3n) is 3.83. The van der Waals surface area contributed by atoms with E-state index in [0.717, 1.165) is 16.7 Å². The Balaban J connectivity index is 1.74. The number of rotatable bonds is 7. The minimum atomic E-state index is -0.640. The predicted octanol–water partition coefficient (Wildman–Crippen LogP) is 2.39. The number of hydrogen-bond acceptors (Lipinski definition) is 4. The monoisotopic (exact) mass is 339 g/mol. The lowest BCUT2D eigenvalue weighted by Crippen LogP contribution is -2.32. The molecule has 0 heterocycles. The van der Waals surface area contributed by atoms with Gasteiger partial charge in [-0.2, -0.15) is 0 Å². The lowest BCUT2D eigenvalue weighted by Gasteiger charge is -2.07. The van der Waals surface area contributed by atoms with Crippen molar-refractivity contribution >= 4 is 17.7 Å². The van der Waals surface area contributed by atoms with Crippen LogP contribution >= 0.6 is 0 Å². The molecule has 0 aliphatic heterocycles. The molecule has 2 aromatic carbocycles. The molecule has 5 nitrogen and oxygen atoms in total. The van der Waals surface area contributed by atoms with Crippen LogP contribution in [0.1, 0.15) is 27.0 Å². The van der Waals surface area contributed by atoms with Gasteiger partial charge in [0, 0.05) is 5.56 Å². The van der Waals surface area contributed by atoms with Crippen LogP contribution in [0, 0.1) is 13.8 Å². The molecule has 2 rings (SSSR count). The lowest BCUT2D eigenvalue weighted by molar-refractivity contribution is -0.142. The number of Topliss-reactive ketones (excluding diaryl/α,β-unsaturated/α-hetero) is 1. The zero-order chi connectivity index (χ0) is 18.2. The average Bonchev–Trinajstić information content (AvgIpc) is 2.61. The quantitative estimate of drug-likeness (QED) is 0.621. The van der Waals surface area contributed by atoms with Gasteiger partial charge in [0.2, 0.25) is 5.91 Å². The Morgan fingerprint density at radius 2 is 1.68 bits per heavy atom. The molecule has 0 atom stereocenters. The molecule has 25 heavy (non-hydrogen) atoms. The van der Waals surface area contributed by atoms with Crippen LogP contribution in [0.4, 0.5) is 0 Å². The highest BCUT2D eigenvalue weighted by Crippen LogP contribution is 2.10. The van der Waals surface area contributed by atoms with Crippen molar-refractivity contribution in [1.29, 1.82) is 0 Å². The molecule has 0 saturated heterocycles. The summed E-state index contributed by atoms with van der Waals surface area (Å²) < 4.78 is 4.93. The number of nitrogens with one attached hydrogen (secondary N) is 1. The fourth-order valence-electron chi connectivity index (χ4n) is 2.21. The van der Waals surface area contributed by atoms with Crippen molar-refractivity contribution in [3.8, 4) is 0 Å². The van der Waals surface area contributed by atoms with Crippen molar-refractivity contribution in [2.24, 2.45) is 0 Å². The van der Waals surface area contributed by atoms with E-state index in [-0.39, 0.29) is 31.3 Å². The van der Waals surface area contributed by atoms with Gasteiger partial charge in [-0.25, -0.2) is 0 Å². The van der Waals surface area contributed by atoms with E-state index in [4.69, 9.17) is 4.74 Å².